The van der Waals surface area contributed by atoms with Gasteiger partial charge in [-0.3, -0.25) is 0 Å². The molecule has 0 bridgehead atoms. The molecule has 0 fully saturated rings. The quantitative estimate of drug-likeness (QED) is 0.161. The van der Waals surface area contributed by atoms with Crippen molar-refractivity contribution in [2.75, 3.05) is 4.90 Å². The van der Waals surface area contributed by atoms with Gasteiger partial charge in [0.2, 0.25) is 0 Å². The molecule has 0 spiro atoms. The van der Waals surface area contributed by atoms with Crippen LogP contribution < -0.4 is 4.90 Å². The van der Waals surface area contributed by atoms with E-state index in [1.165, 1.54) is 83.5 Å². The molecule has 2 heteroatoms. The maximum Gasteiger partial charge on any atom is 0.0541 e. The molecule has 54 heavy (non-hydrogen) atoms. The first-order valence-electron chi connectivity index (χ1n) is 19.7. The molecule has 0 N–H and O–H groups in total. The Hall–Kier alpha value is -5.86. The van der Waals surface area contributed by atoms with Crippen molar-refractivity contribution in [2.45, 2.75) is 64.7 Å². The number of anilines is 1. The van der Waals surface area contributed by atoms with Crippen LogP contribution in [-0.4, -0.2) is 4.57 Å². The van der Waals surface area contributed by atoms with Crippen molar-refractivity contribution in [1.82, 2.24) is 4.57 Å². The van der Waals surface area contributed by atoms with Gasteiger partial charge in [0.05, 0.1) is 11.0 Å². The molecule has 0 aliphatic heterocycles. The van der Waals surface area contributed by atoms with Crippen LogP contribution >= 0.6 is 0 Å². The zero-order chi connectivity index (χ0) is 36.6. The summed E-state index contributed by atoms with van der Waals surface area (Å²) in [4.78, 5) is 2.55. The number of fused-ring (bicyclic) bond motifs is 3. The first-order chi connectivity index (χ1) is 26.4. The van der Waals surface area contributed by atoms with Gasteiger partial charge in [-0.25, -0.2) is 0 Å². The summed E-state index contributed by atoms with van der Waals surface area (Å²) in [6, 6.07) is 44.9. The average Bonchev–Trinajstić information content (AvgIpc) is 3.56. The molecular formula is C52H48N2. The molecule has 0 radical (unpaired) electrons. The summed E-state index contributed by atoms with van der Waals surface area (Å²) in [5.74, 6) is 0. The largest absolute Gasteiger partial charge is 0.318 e. The topological polar surface area (TPSA) is 8.17 Å². The number of hydrogen-bond donors (Lipinski definition) is 0. The van der Waals surface area contributed by atoms with Crippen molar-refractivity contribution in [3.05, 3.63) is 198 Å². The van der Waals surface area contributed by atoms with Gasteiger partial charge in [0.25, 0.3) is 0 Å². The summed E-state index contributed by atoms with van der Waals surface area (Å²) in [5.41, 5.74) is 17.4. The number of benzene rings is 5. The SMILES string of the molecule is CC(C)(C)c1ccccc1C1=CC=C(N(C2=CC=C(c3ccc4c(c3)c3ccccc3n4-c3ccccc3)CC2)c2ccc(C3=CC=CCC3)cc2)CC1. The predicted octanol–water partition coefficient (Wildman–Crippen LogP) is 14.1. The molecular weight excluding hydrogens is 653 g/mol. The molecule has 0 amide bonds. The Labute approximate surface area is 320 Å². The normalized spacial score (nSPS) is 16.1. The molecule has 0 saturated heterocycles. The van der Waals surface area contributed by atoms with Crippen LogP contribution in [-0.2, 0) is 5.41 Å². The van der Waals surface area contributed by atoms with Gasteiger partial charge in [0.15, 0.2) is 0 Å². The van der Waals surface area contributed by atoms with E-state index in [2.05, 4.69) is 194 Å². The highest BCUT2D eigenvalue weighted by molar-refractivity contribution is 6.10. The first-order valence-corrected chi connectivity index (χ1v) is 19.7. The van der Waals surface area contributed by atoms with Crippen molar-refractivity contribution < 1.29 is 0 Å². The van der Waals surface area contributed by atoms with E-state index in [1.54, 1.807) is 0 Å². The monoisotopic (exact) mass is 700 g/mol. The minimum Gasteiger partial charge on any atom is -0.318 e. The second-order valence-electron chi connectivity index (χ2n) is 16.0. The fraction of sp³-hybridized carbons (Fsp3) is 0.192. The number of rotatable bonds is 7. The van der Waals surface area contributed by atoms with Crippen LogP contribution in [0.5, 0.6) is 0 Å². The van der Waals surface area contributed by atoms with Crippen LogP contribution in [0.25, 0.3) is 44.2 Å². The molecule has 2 nitrogen and oxygen atoms in total. The lowest BCUT2D eigenvalue weighted by molar-refractivity contribution is 0.588. The van der Waals surface area contributed by atoms with Crippen LogP contribution in [0.4, 0.5) is 5.69 Å². The second-order valence-corrected chi connectivity index (χ2v) is 16.0. The maximum absolute atomic E-state index is 2.55. The molecule has 6 aromatic rings. The van der Waals surface area contributed by atoms with Crippen molar-refractivity contribution >= 4 is 44.2 Å². The summed E-state index contributed by atoms with van der Waals surface area (Å²) in [6.07, 6.45) is 22.5. The summed E-state index contributed by atoms with van der Waals surface area (Å²) in [6.45, 7) is 6.96. The molecule has 3 aliphatic carbocycles. The summed E-state index contributed by atoms with van der Waals surface area (Å²) >= 11 is 0. The lowest BCUT2D eigenvalue weighted by atomic mass is 9.80. The Morgan fingerprint density at radius 2 is 1.17 bits per heavy atom. The number of allylic oxidation sites excluding steroid dienone is 12. The van der Waals surface area contributed by atoms with Gasteiger partial charge in [0.1, 0.15) is 0 Å². The van der Waals surface area contributed by atoms with Crippen molar-refractivity contribution in [2.24, 2.45) is 0 Å². The van der Waals surface area contributed by atoms with Gasteiger partial charge < -0.3 is 9.47 Å². The minimum absolute atomic E-state index is 0.0964. The number of hydrogen-bond acceptors (Lipinski definition) is 1. The van der Waals surface area contributed by atoms with E-state index in [0.717, 1.165) is 38.5 Å². The van der Waals surface area contributed by atoms with Crippen LogP contribution in [0.3, 0.4) is 0 Å². The molecule has 0 atom stereocenters. The Balaban J connectivity index is 1.09. The third-order valence-corrected chi connectivity index (χ3v) is 11.5. The van der Waals surface area contributed by atoms with E-state index in [0.29, 0.717) is 0 Å². The third kappa shape index (κ3) is 6.41. The van der Waals surface area contributed by atoms with E-state index in [1.807, 2.05) is 0 Å². The average molecular weight is 701 g/mol. The third-order valence-electron chi connectivity index (χ3n) is 11.5. The zero-order valence-electron chi connectivity index (χ0n) is 31.7. The van der Waals surface area contributed by atoms with E-state index in [9.17, 15) is 0 Å². The molecule has 266 valence electrons. The van der Waals surface area contributed by atoms with Gasteiger partial charge in [-0.05, 0) is 138 Å². The molecule has 0 saturated carbocycles. The van der Waals surface area contributed by atoms with E-state index < -0.39 is 0 Å². The lowest BCUT2D eigenvalue weighted by Gasteiger charge is -2.34. The predicted molar refractivity (Wildman–Crippen MR) is 232 cm³/mol. The number of aromatic nitrogens is 1. The van der Waals surface area contributed by atoms with Gasteiger partial charge >= 0.3 is 0 Å². The van der Waals surface area contributed by atoms with Gasteiger partial charge in [0, 0.05) is 33.5 Å². The Kier molecular flexibility index (Phi) is 8.91. The summed E-state index contributed by atoms with van der Waals surface area (Å²) in [5, 5.41) is 2.60. The first kappa shape index (κ1) is 33.9. The highest BCUT2D eigenvalue weighted by Gasteiger charge is 2.25. The highest BCUT2D eigenvalue weighted by Crippen LogP contribution is 2.41. The van der Waals surface area contributed by atoms with E-state index in [-0.39, 0.29) is 5.41 Å². The Bertz CT molecular complexity index is 2560. The van der Waals surface area contributed by atoms with Gasteiger partial charge in [-0.1, -0.05) is 130 Å². The molecule has 1 aromatic heterocycles. The lowest BCUT2D eigenvalue weighted by Crippen LogP contribution is -2.24. The standard InChI is InChI=1S/C52H48N2/c1-52(2,3)49-20-12-10-18-46(49)40-26-33-45(34-27-40)53(43-29-22-38(23-30-43)37-14-6-4-7-15-37)44-31-24-39(25-32-44)41-28-35-51-48(36-41)47-19-11-13-21-50(47)54(51)42-16-8-5-9-17-42/h4-6,8-14,16-24,26,28-31,33,35-36H,7,15,25,27,32,34H2,1-3H3. The van der Waals surface area contributed by atoms with E-state index in [4.69, 9.17) is 0 Å². The second kappa shape index (κ2) is 14.2. The number of nitrogens with zero attached hydrogens (tertiary/aromatic N) is 2. The molecule has 0 unspecified atom stereocenters. The van der Waals surface area contributed by atoms with Crippen LogP contribution in [0.2, 0.25) is 0 Å². The van der Waals surface area contributed by atoms with Crippen molar-refractivity contribution in [3.63, 3.8) is 0 Å². The zero-order valence-corrected chi connectivity index (χ0v) is 31.7. The highest BCUT2D eigenvalue weighted by atomic mass is 15.2. The van der Waals surface area contributed by atoms with E-state index >= 15 is 0 Å². The molecule has 1 heterocycles. The van der Waals surface area contributed by atoms with Crippen LogP contribution in [0.15, 0.2) is 175 Å². The molecule has 3 aliphatic rings. The van der Waals surface area contributed by atoms with Gasteiger partial charge in [-0.2, -0.15) is 0 Å². The van der Waals surface area contributed by atoms with Crippen LogP contribution in [0, 0.1) is 0 Å². The maximum atomic E-state index is 2.55. The fourth-order valence-electron chi connectivity index (χ4n) is 8.72. The summed E-state index contributed by atoms with van der Waals surface area (Å²) in [7, 11) is 0. The van der Waals surface area contributed by atoms with Crippen molar-refractivity contribution in [3.8, 4) is 5.69 Å². The Morgan fingerprint density at radius 3 is 1.87 bits per heavy atom. The fourth-order valence-corrected chi connectivity index (χ4v) is 8.72. The van der Waals surface area contributed by atoms with Crippen molar-refractivity contribution in [1.29, 1.82) is 0 Å². The minimum atomic E-state index is 0.0964. The molecule has 9 rings (SSSR count). The smallest absolute Gasteiger partial charge is 0.0541 e. The molecule has 5 aromatic carbocycles. The Morgan fingerprint density at radius 1 is 0.519 bits per heavy atom. The summed E-state index contributed by atoms with van der Waals surface area (Å²) < 4.78 is 2.39. The van der Waals surface area contributed by atoms with Gasteiger partial charge in [-0.15, -0.1) is 0 Å². The van der Waals surface area contributed by atoms with Crippen LogP contribution in [0.1, 0.15) is 81.5 Å². The number of para-hydroxylation sites is 2.